The van der Waals surface area contributed by atoms with Crippen LogP contribution in [-0.2, 0) is 6.54 Å². The van der Waals surface area contributed by atoms with Crippen molar-refractivity contribution in [1.29, 1.82) is 0 Å². The van der Waals surface area contributed by atoms with Gasteiger partial charge in [-0.15, -0.1) is 11.3 Å². The molecule has 1 amide bonds. The maximum absolute atomic E-state index is 12.2. The van der Waals surface area contributed by atoms with Crippen molar-refractivity contribution in [3.8, 4) is 0 Å². The highest BCUT2D eigenvalue weighted by Crippen LogP contribution is 2.19. The Morgan fingerprint density at radius 1 is 1.56 bits per heavy atom. The van der Waals surface area contributed by atoms with E-state index in [-0.39, 0.29) is 11.7 Å². The molecule has 94 valence electrons. The Kier molecular flexibility index (Phi) is 3.78. The Labute approximate surface area is 113 Å². The minimum absolute atomic E-state index is 0.206. The van der Waals surface area contributed by atoms with Crippen molar-refractivity contribution in [3.63, 3.8) is 0 Å². The summed E-state index contributed by atoms with van der Waals surface area (Å²) in [5.74, 6) is 0.0620. The van der Waals surface area contributed by atoms with Gasteiger partial charge in [-0.3, -0.25) is 4.79 Å². The standard InChI is InChI=1S/C11H11ClN4OS/c1-16(4-7-5-18-6-15-7)11(17)8-2-10(13)14-3-9(8)12/h2-3,5-6H,4H2,1H3,(H2,13,14). The number of rotatable bonds is 3. The van der Waals surface area contributed by atoms with Crippen LogP contribution >= 0.6 is 22.9 Å². The number of nitrogen functional groups attached to an aromatic ring is 1. The monoisotopic (exact) mass is 282 g/mol. The van der Waals surface area contributed by atoms with E-state index in [9.17, 15) is 4.79 Å². The van der Waals surface area contributed by atoms with Crippen molar-refractivity contribution < 1.29 is 4.79 Å². The molecule has 18 heavy (non-hydrogen) atoms. The van der Waals surface area contributed by atoms with Crippen LogP contribution < -0.4 is 5.73 Å². The van der Waals surface area contributed by atoms with Crippen LogP contribution in [0.1, 0.15) is 16.1 Å². The highest BCUT2D eigenvalue weighted by atomic mass is 35.5. The first-order valence-electron chi connectivity index (χ1n) is 5.11. The molecule has 0 unspecified atom stereocenters. The third-order valence-electron chi connectivity index (χ3n) is 2.34. The number of carbonyl (C=O) groups is 1. The molecule has 0 atom stereocenters. The van der Waals surface area contributed by atoms with E-state index in [0.717, 1.165) is 5.69 Å². The number of nitrogens with zero attached hydrogens (tertiary/aromatic N) is 3. The summed E-state index contributed by atoms with van der Waals surface area (Å²) in [5, 5.41) is 2.19. The second-order valence-electron chi connectivity index (χ2n) is 3.73. The lowest BCUT2D eigenvalue weighted by atomic mass is 10.2. The molecule has 0 aliphatic heterocycles. The summed E-state index contributed by atoms with van der Waals surface area (Å²) in [6.07, 6.45) is 1.38. The zero-order chi connectivity index (χ0) is 13.1. The van der Waals surface area contributed by atoms with Gasteiger partial charge in [-0.25, -0.2) is 9.97 Å². The van der Waals surface area contributed by atoms with Gasteiger partial charge in [0.05, 0.1) is 28.3 Å². The first-order chi connectivity index (χ1) is 8.58. The van der Waals surface area contributed by atoms with E-state index in [4.69, 9.17) is 17.3 Å². The molecule has 0 aromatic carbocycles. The molecule has 2 heterocycles. The summed E-state index contributed by atoms with van der Waals surface area (Å²) in [5.41, 5.74) is 8.47. The van der Waals surface area contributed by atoms with Gasteiger partial charge >= 0.3 is 0 Å². The second kappa shape index (κ2) is 5.32. The topological polar surface area (TPSA) is 72.1 Å². The molecule has 2 aromatic heterocycles. The number of halogens is 1. The third-order valence-corrected chi connectivity index (χ3v) is 3.27. The van der Waals surface area contributed by atoms with Crippen molar-refractivity contribution in [2.45, 2.75) is 6.54 Å². The zero-order valence-electron chi connectivity index (χ0n) is 9.63. The molecule has 0 saturated carbocycles. The van der Waals surface area contributed by atoms with Gasteiger partial charge in [0, 0.05) is 18.6 Å². The number of anilines is 1. The number of thiazole rings is 1. The molecular weight excluding hydrogens is 272 g/mol. The average Bonchev–Trinajstić information content (AvgIpc) is 2.84. The Bertz CT molecular complexity index is 558. The summed E-state index contributed by atoms with van der Waals surface area (Å²) in [7, 11) is 1.69. The van der Waals surface area contributed by atoms with Crippen LogP contribution in [0.15, 0.2) is 23.2 Å². The summed E-state index contributed by atoms with van der Waals surface area (Å²) in [6.45, 7) is 0.431. The summed E-state index contributed by atoms with van der Waals surface area (Å²) < 4.78 is 0. The van der Waals surface area contributed by atoms with Gasteiger partial charge in [0.25, 0.3) is 5.91 Å². The van der Waals surface area contributed by atoms with Crippen molar-refractivity contribution in [3.05, 3.63) is 39.4 Å². The molecule has 0 fully saturated rings. The van der Waals surface area contributed by atoms with E-state index < -0.39 is 0 Å². The van der Waals surface area contributed by atoms with Crippen molar-refractivity contribution in [1.82, 2.24) is 14.9 Å². The Balaban J connectivity index is 2.17. The number of carbonyl (C=O) groups excluding carboxylic acids is 1. The van der Waals surface area contributed by atoms with Crippen LogP contribution in [0, 0.1) is 0 Å². The molecule has 2 rings (SSSR count). The largest absolute Gasteiger partial charge is 0.384 e. The average molecular weight is 283 g/mol. The molecule has 0 radical (unpaired) electrons. The lowest BCUT2D eigenvalue weighted by Gasteiger charge is -2.16. The van der Waals surface area contributed by atoms with E-state index in [1.54, 1.807) is 12.6 Å². The number of pyridine rings is 1. The Hall–Kier alpha value is -1.66. The van der Waals surface area contributed by atoms with Crippen LogP contribution in [0.5, 0.6) is 0 Å². The van der Waals surface area contributed by atoms with E-state index in [1.165, 1.54) is 28.5 Å². The first-order valence-corrected chi connectivity index (χ1v) is 6.43. The van der Waals surface area contributed by atoms with Gasteiger partial charge in [-0.1, -0.05) is 11.6 Å². The maximum atomic E-state index is 12.2. The van der Waals surface area contributed by atoms with Crippen molar-refractivity contribution >= 4 is 34.7 Å². The summed E-state index contributed by atoms with van der Waals surface area (Å²) in [4.78, 5) is 21.7. The van der Waals surface area contributed by atoms with Gasteiger partial charge in [0.2, 0.25) is 0 Å². The minimum atomic E-state index is -0.206. The van der Waals surface area contributed by atoms with E-state index in [2.05, 4.69) is 9.97 Å². The number of amides is 1. The van der Waals surface area contributed by atoms with E-state index in [1.807, 2.05) is 5.38 Å². The number of hydrogen-bond donors (Lipinski definition) is 1. The van der Waals surface area contributed by atoms with Crippen LogP contribution in [0.4, 0.5) is 5.82 Å². The smallest absolute Gasteiger partial charge is 0.255 e. The first kappa shape index (κ1) is 12.8. The van der Waals surface area contributed by atoms with Gasteiger partial charge in [0.1, 0.15) is 5.82 Å². The predicted molar refractivity (Wildman–Crippen MR) is 71.6 cm³/mol. The molecule has 5 nitrogen and oxygen atoms in total. The second-order valence-corrected chi connectivity index (χ2v) is 4.86. The highest BCUT2D eigenvalue weighted by Gasteiger charge is 2.16. The Morgan fingerprint density at radius 3 is 3.00 bits per heavy atom. The fraction of sp³-hybridized carbons (Fsp3) is 0.182. The molecule has 0 aliphatic carbocycles. The number of nitrogens with two attached hydrogens (primary N) is 1. The minimum Gasteiger partial charge on any atom is -0.384 e. The fourth-order valence-corrected chi connectivity index (χ4v) is 2.19. The Morgan fingerprint density at radius 2 is 2.33 bits per heavy atom. The normalized spacial score (nSPS) is 10.3. The number of aromatic nitrogens is 2. The molecule has 2 aromatic rings. The molecule has 0 bridgehead atoms. The third kappa shape index (κ3) is 2.77. The SMILES string of the molecule is CN(Cc1cscn1)C(=O)c1cc(N)ncc1Cl. The van der Waals surface area contributed by atoms with Crippen molar-refractivity contribution in [2.75, 3.05) is 12.8 Å². The molecule has 0 spiro atoms. The highest BCUT2D eigenvalue weighted by molar-refractivity contribution is 7.07. The van der Waals surface area contributed by atoms with Gasteiger partial charge < -0.3 is 10.6 Å². The lowest BCUT2D eigenvalue weighted by molar-refractivity contribution is 0.0784. The van der Waals surface area contributed by atoms with Crippen LogP contribution in [0.2, 0.25) is 5.02 Å². The van der Waals surface area contributed by atoms with Gasteiger partial charge in [-0.05, 0) is 6.07 Å². The lowest BCUT2D eigenvalue weighted by Crippen LogP contribution is -2.26. The maximum Gasteiger partial charge on any atom is 0.255 e. The predicted octanol–water partition coefficient (Wildman–Crippen LogP) is 2.05. The number of hydrogen-bond acceptors (Lipinski definition) is 5. The van der Waals surface area contributed by atoms with Gasteiger partial charge in [0.15, 0.2) is 0 Å². The van der Waals surface area contributed by atoms with E-state index in [0.29, 0.717) is 17.1 Å². The van der Waals surface area contributed by atoms with Crippen LogP contribution in [0.3, 0.4) is 0 Å². The quantitative estimate of drug-likeness (QED) is 0.935. The van der Waals surface area contributed by atoms with E-state index >= 15 is 0 Å². The zero-order valence-corrected chi connectivity index (χ0v) is 11.2. The molecule has 2 N–H and O–H groups in total. The van der Waals surface area contributed by atoms with Gasteiger partial charge in [-0.2, -0.15) is 0 Å². The molecular formula is C11H11ClN4OS. The summed E-state index contributed by atoms with van der Waals surface area (Å²) >= 11 is 7.43. The summed E-state index contributed by atoms with van der Waals surface area (Å²) in [6, 6.07) is 1.47. The molecule has 7 heteroatoms. The molecule has 0 saturated heterocycles. The van der Waals surface area contributed by atoms with Crippen LogP contribution in [-0.4, -0.2) is 27.8 Å². The molecule has 0 aliphatic rings. The van der Waals surface area contributed by atoms with Crippen LogP contribution in [0.25, 0.3) is 0 Å². The van der Waals surface area contributed by atoms with Crippen molar-refractivity contribution in [2.24, 2.45) is 0 Å². The fourth-order valence-electron chi connectivity index (χ4n) is 1.45.